The molecule has 0 bridgehead atoms. The lowest BCUT2D eigenvalue weighted by Crippen LogP contribution is -2.37. The minimum Gasteiger partial charge on any atom is -0.386 e. The molecule has 2 fully saturated rings. The summed E-state index contributed by atoms with van der Waals surface area (Å²) in [5.41, 5.74) is 1.16. The second kappa shape index (κ2) is 4.37. The molecule has 0 aromatic carbocycles. The largest absolute Gasteiger partial charge is 0.386 e. The normalized spacial score (nSPS) is 25.8. The minimum absolute atomic E-state index is 0.757. The molecule has 0 amide bonds. The van der Waals surface area contributed by atoms with Gasteiger partial charge in [0, 0.05) is 11.7 Å². The lowest BCUT2D eigenvalue weighted by Gasteiger charge is -2.32. The van der Waals surface area contributed by atoms with E-state index in [1.165, 1.54) is 44.9 Å². The van der Waals surface area contributed by atoms with Gasteiger partial charge in [-0.25, -0.2) is 0 Å². The predicted molar refractivity (Wildman–Crippen MR) is 61.0 cm³/mol. The first-order chi connectivity index (χ1) is 6.77. The van der Waals surface area contributed by atoms with Crippen LogP contribution in [0.4, 0.5) is 0 Å². The van der Waals surface area contributed by atoms with Crippen molar-refractivity contribution >= 4 is 0 Å². The quantitative estimate of drug-likeness (QED) is 0.721. The molecule has 1 N–H and O–H groups in total. The van der Waals surface area contributed by atoms with Crippen LogP contribution in [0.2, 0.25) is 0 Å². The molecule has 2 saturated carbocycles. The van der Waals surface area contributed by atoms with Crippen LogP contribution in [0.3, 0.4) is 0 Å². The zero-order valence-corrected chi connectivity index (χ0v) is 9.39. The van der Waals surface area contributed by atoms with Gasteiger partial charge in [0.25, 0.3) is 0 Å². The molecule has 2 aliphatic rings. The summed E-state index contributed by atoms with van der Waals surface area (Å²) in [6.45, 7) is 6.08. The van der Waals surface area contributed by atoms with E-state index in [1.54, 1.807) is 0 Å². The molecule has 0 aromatic heterocycles. The summed E-state index contributed by atoms with van der Waals surface area (Å²) < 4.78 is 0. The Hall–Kier alpha value is -0.460. The average molecular weight is 193 g/mol. The van der Waals surface area contributed by atoms with Crippen LogP contribution in [0.25, 0.3) is 0 Å². The second-order valence-corrected chi connectivity index (χ2v) is 5.19. The number of hydrogen-bond donors (Lipinski definition) is 1. The third-order valence-electron chi connectivity index (χ3n) is 3.70. The monoisotopic (exact) mass is 193 g/mol. The van der Waals surface area contributed by atoms with Gasteiger partial charge in [-0.3, -0.25) is 0 Å². The summed E-state index contributed by atoms with van der Waals surface area (Å²) in [4.78, 5) is 0. The van der Waals surface area contributed by atoms with E-state index >= 15 is 0 Å². The van der Waals surface area contributed by atoms with E-state index < -0.39 is 0 Å². The van der Waals surface area contributed by atoms with Crippen molar-refractivity contribution in [3.05, 3.63) is 12.3 Å². The molecule has 2 aliphatic carbocycles. The van der Waals surface area contributed by atoms with E-state index in [0.717, 1.165) is 23.6 Å². The topological polar surface area (TPSA) is 12.0 Å². The third-order valence-corrected chi connectivity index (χ3v) is 3.70. The zero-order chi connectivity index (χ0) is 9.97. The van der Waals surface area contributed by atoms with E-state index in [1.807, 2.05) is 0 Å². The van der Waals surface area contributed by atoms with Gasteiger partial charge in [-0.05, 0) is 44.4 Å². The Labute approximate surface area is 88.0 Å². The zero-order valence-electron chi connectivity index (χ0n) is 9.39. The van der Waals surface area contributed by atoms with Gasteiger partial charge < -0.3 is 5.32 Å². The van der Waals surface area contributed by atoms with Crippen molar-refractivity contribution in [1.29, 1.82) is 0 Å². The summed E-state index contributed by atoms with van der Waals surface area (Å²) in [5, 5.41) is 3.62. The van der Waals surface area contributed by atoms with Crippen LogP contribution in [-0.2, 0) is 0 Å². The van der Waals surface area contributed by atoms with E-state index in [-0.39, 0.29) is 0 Å². The molecule has 0 saturated heterocycles. The van der Waals surface area contributed by atoms with Crippen LogP contribution in [0.1, 0.15) is 51.9 Å². The highest BCUT2D eigenvalue weighted by molar-refractivity contribution is 4.98. The van der Waals surface area contributed by atoms with Crippen LogP contribution in [0.15, 0.2) is 12.3 Å². The fourth-order valence-corrected chi connectivity index (χ4v) is 2.85. The lowest BCUT2D eigenvalue weighted by molar-refractivity contribution is 0.260. The maximum Gasteiger partial charge on any atom is 0.0314 e. The molecular weight excluding hydrogens is 170 g/mol. The lowest BCUT2D eigenvalue weighted by atomic mass is 9.82. The molecule has 0 spiro atoms. The summed E-state index contributed by atoms with van der Waals surface area (Å²) in [6.07, 6.45) is 10.1. The van der Waals surface area contributed by atoms with Gasteiger partial charge in [-0.1, -0.05) is 25.8 Å². The number of hydrogen-bond acceptors (Lipinski definition) is 1. The second-order valence-electron chi connectivity index (χ2n) is 5.19. The highest BCUT2D eigenvalue weighted by Gasteiger charge is 2.36. The Morgan fingerprint density at radius 1 is 1.07 bits per heavy atom. The van der Waals surface area contributed by atoms with Crippen molar-refractivity contribution < 1.29 is 0 Å². The average Bonchev–Trinajstić information content (AvgIpc) is 2.99. The maximum absolute atomic E-state index is 3.99. The summed E-state index contributed by atoms with van der Waals surface area (Å²) in [5.74, 6) is 1.91. The molecular formula is C13H23N. The number of nitrogens with one attached hydrogen (secondary N) is 1. The summed E-state index contributed by atoms with van der Waals surface area (Å²) in [7, 11) is 0. The fourth-order valence-electron chi connectivity index (χ4n) is 2.85. The first-order valence-corrected chi connectivity index (χ1v) is 6.19. The van der Waals surface area contributed by atoms with Crippen molar-refractivity contribution in [3.63, 3.8) is 0 Å². The maximum atomic E-state index is 3.99. The van der Waals surface area contributed by atoms with Crippen molar-refractivity contribution in [2.45, 2.75) is 57.9 Å². The predicted octanol–water partition coefficient (Wildman–Crippen LogP) is 3.47. The molecule has 1 nitrogen and oxygen atoms in total. The van der Waals surface area contributed by atoms with Gasteiger partial charge in [0.2, 0.25) is 0 Å². The fraction of sp³-hybridized carbons (Fsp3) is 0.846. The Morgan fingerprint density at radius 3 is 2.14 bits per heavy atom. The Morgan fingerprint density at radius 2 is 1.64 bits per heavy atom. The molecule has 0 heterocycles. The van der Waals surface area contributed by atoms with Gasteiger partial charge in [-0.15, -0.1) is 0 Å². The molecule has 2 rings (SSSR count). The Balaban J connectivity index is 1.90. The molecule has 14 heavy (non-hydrogen) atoms. The molecule has 1 atom stereocenters. The molecule has 0 aromatic rings. The van der Waals surface area contributed by atoms with Gasteiger partial charge in [0.05, 0.1) is 0 Å². The Kier molecular flexibility index (Phi) is 3.15. The van der Waals surface area contributed by atoms with E-state index in [9.17, 15) is 0 Å². The molecule has 0 aliphatic heterocycles. The highest BCUT2D eigenvalue weighted by Crippen LogP contribution is 2.40. The van der Waals surface area contributed by atoms with Crippen molar-refractivity contribution in [3.8, 4) is 0 Å². The van der Waals surface area contributed by atoms with Gasteiger partial charge in [-0.2, -0.15) is 0 Å². The van der Waals surface area contributed by atoms with Crippen LogP contribution >= 0.6 is 0 Å². The smallest absolute Gasteiger partial charge is 0.0314 e. The van der Waals surface area contributed by atoms with Crippen LogP contribution < -0.4 is 5.32 Å². The number of rotatable bonds is 4. The van der Waals surface area contributed by atoms with Crippen molar-refractivity contribution in [2.24, 2.45) is 11.8 Å². The van der Waals surface area contributed by atoms with Crippen LogP contribution in [0.5, 0.6) is 0 Å². The standard InChI is InChI=1S/C13H23N/c1-10(2)14-13(12-8-9-12)11-6-4-3-5-7-11/h11-14H,1,3-9H2,2H3. The third kappa shape index (κ3) is 2.52. The first kappa shape index (κ1) is 10.1. The van der Waals surface area contributed by atoms with Crippen LogP contribution in [-0.4, -0.2) is 6.04 Å². The molecule has 1 heteroatoms. The Bertz CT molecular complexity index is 199. The van der Waals surface area contributed by atoms with Gasteiger partial charge >= 0.3 is 0 Å². The van der Waals surface area contributed by atoms with E-state index in [0.29, 0.717) is 0 Å². The van der Waals surface area contributed by atoms with E-state index in [4.69, 9.17) is 0 Å². The highest BCUT2D eigenvalue weighted by atomic mass is 14.9. The molecule has 1 unspecified atom stereocenters. The van der Waals surface area contributed by atoms with Gasteiger partial charge in [0.15, 0.2) is 0 Å². The van der Waals surface area contributed by atoms with Crippen LogP contribution in [0, 0.1) is 11.8 Å². The SMILES string of the molecule is C=C(C)NC(C1CCCCC1)C1CC1. The first-order valence-electron chi connectivity index (χ1n) is 6.19. The molecule has 0 radical (unpaired) electrons. The minimum atomic E-state index is 0.757. The molecule has 80 valence electrons. The van der Waals surface area contributed by atoms with E-state index in [2.05, 4.69) is 18.8 Å². The van der Waals surface area contributed by atoms with Crippen molar-refractivity contribution in [2.75, 3.05) is 0 Å². The summed E-state index contributed by atoms with van der Waals surface area (Å²) in [6, 6.07) is 0.757. The van der Waals surface area contributed by atoms with Gasteiger partial charge in [0.1, 0.15) is 0 Å². The number of allylic oxidation sites excluding steroid dienone is 1. The summed E-state index contributed by atoms with van der Waals surface area (Å²) >= 11 is 0. The van der Waals surface area contributed by atoms with Crippen molar-refractivity contribution in [1.82, 2.24) is 5.32 Å².